The van der Waals surface area contributed by atoms with E-state index in [9.17, 15) is 87.3 Å². The molecule has 14 atom stereocenters. The summed E-state index contributed by atoms with van der Waals surface area (Å²) in [5, 5.41) is 41.6. The number of hydrogen-bond donors (Lipinski definition) is 11. The Morgan fingerprint density at radius 2 is 1.29 bits per heavy atom. The van der Waals surface area contributed by atoms with Gasteiger partial charge in [-0.3, -0.25) is 80.9 Å². The van der Waals surface area contributed by atoms with Crippen LogP contribution in [0.1, 0.15) is 128 Å². The Morgan fingerprint density at radius 3 is 1.84 bits per heavy atom. The number of phosphoric ester groups is 2. The Hall–Kier alpha value is -9.72. The lowest BCUT2D eigenvalue weighted by Crippen LogP contribution is -2.51. The number of nitrogens with zero attached hydrogens (tertiary/aromatic N) is 8. The average Bonchev–Trinajstić information content (AvgIpc) is 1.61. The van der Waals surface area contributed by atoms with Crippen LogP contribution in [-0.2, 0) is 58.9 Å². The van der Waals surface area contributed by atoms with E-state index < -0.39 is 190 Å². The third-order valence-corrected chi connectivity index (χ3v) is 20.1. The summed E-state index contributed by atoms with van der Waals surface area (Å²) in [5.41, 5.74) is 12.3. The number of nitrogens with one attached hydrogen (secondary N) is 4. The van der Waals surface area contributed by atoms with Gasteiger partial charge in [-0.25, -0.2) is 28.7 Å². The zero-order valence-electron chi connectivity index (χ0n) is 60.5. The van der Waals surface area contributed by atoms with E-state index in [0.717, 1.165) is 46.9 Å². The number of nitro benzene ring substituents is 1. The van der Waals surface area contributed by atoms with Crippen molar-refractivity contribution >= 4 is 96.2 Å². The third-order valence-electron chi connectivity index (χ3n) is 17.7. The summed E-state index contributed by atoms with van der Waals surface area (Å²) in [6.07, 6.45) is -11.3. The summed E-state index contributed by atoms with van der Waals surface area (Å²) in [4.78, 5) is 176. The SMILES string of the molecule is CC(=O)c1ccc(C#Cc2cn([C@H]3C[C@H](O)[C@@H](COP(=O)(O)O[C@H]4C[C@H](n5cc(C#Cc6ccc(C(C)=O)c([N+](=O)[O-])c6)c(=O)[nH]c5=O)O[C@@H]4COP(=O)(O)O[C@H]4C[C@H](n5cc(C#CCN(CC(C)C)C(=O)C(CNC(=O)C(O)CNC(=O)C(N)CN)C(C)C)c(=O)[nH]c5=O)O[C@@H]4COI)O3)c3ncnc(N)c23)cc1N=O. The van der Waals surface area contributed by atoms with Crippen LogP contribution in [0.2, 0.25) is 0 Å². The number of rotatable bonds is 31. The van der Waals surface area contributed by atoms with Crippen molar-refractivity contribution in [2.75, 3.05) is 58.3 Å². The first-order valence-corrected chi connectivity index (χ1v) is 38.2. The molecule has 0 spiro atoms. The van der Waals surface area contributed by atoms with E-state index in [4.69, 9.17) is 52.6 Å². The minimum Gasteiger partial charge on any atom is -0.390 e. The predicted molar refractivity (Wildman–Crippen MR) is 400 cm³/mol. The maximum absolute atomic E-state index is 14.2. The number of carbonyl (C=O) groups excluding carboxylic acids is 5. The number of anilines is 1. The summed E-state index contributed by atoms with van der Waals surface area (Å²) in [7, 11) is -10.8. The van der Waals surface area contributed by atoms with Crippen molar-refractivity contribution in [3.05, 3.63) is 157 Å². The van der Waals surface area contributed by atoms with Gasteiger partial charge in [0.2, 0.25) is 11.8 Å². The highest BCUT2D eigenvalue weighted by Crippen LogP contribution is 2.52. The molecule has 0 saturated carbocycles. The van der Waals surface area contributed by atoms with E-state index in [1.165, 1.54) is 69.9 Å². The van der Waals surface area contributed by atoms with E-state index in [-0.39, 0.29) is 101 Å². The second-order valence-corrected chi connectivity index (χ2v) is 30.1. The summed E-state index contributed by atoms with van der Waals surface area (Å²) < 4.78 is 77.3. The molecule has 6 aromatic rings. The summed E-state index contributed by atoms with van der Waals surface area (Å²) in [6, 6.07) is 6.60. The van der Waals surface area contributed by atoms with Crippen molar-refractivity contribution in [1.82, 2.24) is 49.2 Å². The lowest BCUT2D eigenvalue weighted by atomic mass is 9.93. The number of nitroso groups, excluding NO2 is 1. The van der Waals surface area contributed by atoms with Gasteiger partial charge in [0.1, 0.15) is 113 Å². The lowest BCUT2D eigenvalue weighted by molar-refractivity contribution is -0.385. The fraction of sp³-hybridized carbons (Fsp3) is 0.456. The molecule has 2 aromatic carbocycles. The largest absolute Gasteiger partial charge is 0.472 e. The zero-order chi connectivity index (χ0) is 81.8. The molecule has 3 aliphatic heterocycles. The first-order valence-electron chi connectivity index (χ1n) is 34.3. The van der Waals surface area contributed by atoms with Crippen LogP contribution < -0.4 is 50.3 Å². The van der Waals surface area contributed by atoms with Gasteiger partial charge in [0.15, 0.2) is 11.6 Å². The van der Waals surface area contributed by atoms with Crippen LogP contribution in [0.4, 0.5) is 17.2 Å². The molecule has 0 aliphatic carbocycles. The monoisotopic (exact) mass is 1710 g/mol. The van der Waals surface area contributed by atoms with Crippen molar-refractivity contribution in [1.29, 1.82) is 0 Å². The van der Waals surface area contributed by atoms with Gasteiger partial charge >= 0.3 is 27.0 Å². The van der Waals surface area contributed by atoms with Crippen molar-refractivity contribution in [3.63, 3.8) is 0 Å². The van der Waals surface area contributed by atoms with Gasteiger partial charge in [-0.1, -0.05) is 63.2 Å². The van der Waals surface area contributed by atoms with Crippen LogP contribution in [0, 0.1) is 68.3 Å². The van der Waals surface area contributed by atoms with Gasteiger partial charge in [0.25, 0.3) is 22.7 Å². The highest BCUT2D eigenvalue weighted by Gasteiger charge is 2.47. The van der Waals surface area contributed by atoms with Crippen molar-refractivity contribution in [2.24, 2.45) is 34.4 Å². The molecule has 7 heterocycles. The standard InChI is InChI=1S/C68H78IN15O26P2/c1-34(2)26-80(66(93)45(35(3)4)24-73-65(92)50(88)25-74-64(91)46(71)23-70)17-7-8-41-28-82(67(94)77-62(41)89)57-21-51(54(107-57)30-103-69)109-112(101,102)105-32-55-52(22-58(108-55)83-29-42(63(90)78-68(83)95)14-10-39-12-16-44(37(6)86)48(19-39)84(97)98)110-111(99,100)104-31-53-49(87)20-56(106-53)81-27-40(59-60(72)75-33-76-61(59)81)13-9-38-11-15-43(36(5)85)47(18-38)79-96/h11-12,15-16,18-19,27-29,33-35,45-46,49-58,87-88H,17,20-26,30-32,70-71H2,1-6H3,(H,73,92)(H,74,91)(H,99,100)(H,101,102)(H2,72,75,76)(H,77,89,94)(H,78,90,95)/t45?,46?,49-,50?,51-,52-,53+,54+,55+,56+,57+,58+/m0/s1. The van der Waals surface area contributed by atoms with E-state index in [0.29, 0.717) is 5.56 Å². The number of nitrogen functional groups attached to an aromatic ring is 1. The second-order valence-electron chi connectivity index (χ2n) is 26.6. The first kappa shape index (κ1) is 86.3. The summed E-state index contributed by atoms with van der Waals surface area (Å²) in [5.74, 6) is 12.1. The summed E-state index contributed by atoms with van der Waals surface area (Å²) >= 11 is 1.51. The van der Waals surface area contributed by atoms with Crippen molar-refractivity contribution in [2.45, 2.75) is 128 Å². The topological polar surface area (TPSA) is 593 Å². The molecular weight excluding hydrogens is 1630 g/mol. The number of benzene rings is 2. The molecule has 0 bridgehead atoms. The van der Waals surface area contributed by atoms with Gasteiger partial charge in [0.05, 0.1) is 72.4 Å². The molecule has 3 aliphatic rings. The number of aliphatic hydroxyl groups excluding tert-OH is 2. The van der Waals surface area contributed by atoms with Gasteiger partial charge in [-0.15, -0.1) is 4.91 Å². The molecule has 0 radical (unpaired) electrons. The number of nitro groups is 1. The van der Waals surface area contributed by atoms with Crippen LogP contribution in [-0.4, -0.2) is 194 Å². The number of halogens is 1. The Kier molecular flexibility index (Phi) is 29.1. The van der Waals surface area contributed by atoms with Gasteiger partial charge in [0, 0.05) is 80.2 Å². The molecule has 5 unspecified atom stereocenters. The number of phosphoric acid groups is 2. The molecule has 9 rings (SSSR count). The second kappa shape index (κ2) is 37.7. The minimum absolute atomic E-state index is 0.00000143. The number of aromatic amines is 2. The Morgan fingerprint density at radius 1 is 0.759 bits per heavy atom. The quantitative estimate of drug-likeness (QED) is 0.00554. The fourth-order valence-electron chi connectivity index (χ4n) is 12.0. The predicted octanol–water partition coefficient (Wildman–Crippen LogP) is 1.21. The maximum Gasteiger partial charge on any atom is 0.472 e. The molecule has 598 valence electrons. The first-order chi connectivity index (χ1) is 53.0. The molecule has 44 heteroatoms. The molecular formula is C68H78IN15O26P2. The van der Waals surface area contributed by atoms with Crippen LogP contribution in [0.15, 0.2) is 85.7 Å². The number of aliphatic hydroxyl groups is 2. The lowest BCUT2D eigenvalue weighted by Gasteiger charge is -2.29. The minimum atomic E-state index is -5.42. The normalized spacial score (nSPS) is 21.2. The average molecular weight is 1710 g/mol. The van der Waals surface area contributed by atoms with E-state index >= 15 is 0 Å². The highest BCUT2D eigenvalue weighted by atomic mass is 127. The number of carbonyl (C=O) groups is 5. The number of ketones is 2. The molecule has 3 saturated heterocycles. The van der Waals surface area contributed by atoms with E-state index in [1.807, 2.05) is 13.8 Å². The molecule has 112 heavy (non-hydrogen) atoms. The summed E-state index contributed by atoms with van der Waals surface area (Å²) in [6.45, 7) is 6.31. The number of aromatic nitrogens is 7. The van der Waals surface area contributed by atoms with Gasteiger partial charge in [-0.2, -0.15) is 0 Å². The van der Waals surface area contributed by atoms with Crippen molar-refractivity contribution in [3.8, 4) is 35.5 Å². The maximum atomic E-state index is 14.2. The van der Waals surface area contributed by atoms with Crippen LogP contribution in [0.5, 0.6) is 0 Å². The van der Waals surface area contributed by atoms with E-state index in [2.05, 4.69) is 71.3 Å². The van der Waals surface area contributed by atoms with Crippen LogP contribution in [0.25, 0.3) is 11.0 Å². The smallest absolute Gasteiger partial charge is 0.390 e. The number of ether oxygens (including phenoxy) is 3. The number of nitrogens with two attached hydrogens (primary N) is 3. The number of H-pyrrole nitrogens is 2. The van der Waals surface area contributed by atoms with Crippen LogP contribution in [0.3, 0.4) is 0 Å². The Balaban J connectivity index is 0.915. The third kappa shape index (κ3) is 21.7. The zero-order valence-corrected chi connectivity index (χ0v) is 64.4. The van der Waals surface area contributed by atoms with Gasteiger partial charge < -0.3 is 74.6 Å². The molecule has 41 nitrogen and oxygen atoms in total. The Labute approximate surface area is 648 Å². The molecule has 3 fully saturated rings. The Bertz CT molecular complexity index is 5170. The number of Topliss-reactive ketones (excluding diaryl/α,β-unsaturated/α-hetero) is 2. The fourth-order valence-corrected chi connectivity index (χ4v) is 14.3. The van der Waals surface area contributed by atoms with Gasteiger partial charge in [-0.05, 0) is 61.2 Å². The molecule has 4 aromatic heterocycles. The highest BCUT2D eigenvalue weighted by molar-refractivity contribution is 14.1. The molecule has 14 N–H and O–H groups in total. The van der Waals surface area contributed by atoms with Crippen molar-refractivity contribution < 1.29 is 93.4 Å². The molecule has 3 amide bonds. The number of fused-ring (bicyclic) bond motifs is 1. The number of amides is 3. The van der Waals surface area contributed by atoms with E-state index in [1.54, 1.807) is 13.8 Å². The number of hydrogen-bond acceptors (Lipinski definition) is 30. The van der Waals surface area contributed by atoms with Crippen LogP contribution >= 0.6 is 38.7 Å².